The largest absolute Gasteiger partial charge is 0.368 e. The van der Waals surface area contributed by atoms with Crippen LogP contribution in [0.2, 0.25) is 0 Å². The van der Waals surface area contributed by atoms with Crippen molar-refractivity contribution in [3.8, 4) is 0 Å². The lowest BCUT2D eigenvalue weighted by atomic mass is 9.78. The van der Waals surface area contributed by atoms with E-state index in [2.05, 4.69) is 5.32 Å². The maximum absolute atomic E-state index is 15.7. The highest BCUT2D eigenvalue weighted by molar-refractivity contribution is 5.93. The number of carbonyl (C=O) groups excluding carboxylic acids is 7. The number of nitrogens with zero attached hydrogens (tertiary/aromatic N) is 8. The molecule has 0 spiro atoms. The van der Waals surface area contributed by atoms with Crippen LogP contribution in [-0.2, 0) is 33.6 Å². The van der Waals surface area contributed by atoms with E-state index in [1.165, 1.54) is 39.5 Å². The molecule has 19 nitrogen and oxygen atoms in total. The molecule has 2 aliphatic rings. The zero-order valence-electron chi connectivity index (χ0n) is 54.7. The molecule has 0 aromatic heterocycles. The maximum atomic E-state index is 15.7. The van der Waals surface area contributed by atoms with Gasteiger partial charge in [-0.3, -0.25) is 33.6 Å². The van der Waals surface area contributed by atoms with Gasteiger partial charge < -0.3 is 50.9 Å². The van der Waals surface area contributed by atoms with Gasteiger partial charge in [-0.2, -0.15) is 10.1 Å². The van der Waals surface area contributed by atoms with E-state index >= 15 is 19.2 Å². The van der Waals surface area contributed by atoms with Gasteiger partial charge in [0.25, 0.3) is 0 Å². The molecular formula is C71H96N10O9. The summed E-state index contributed by atoms with van der Waals surface area (Å²) in [7, 11) is 0. The fourth-order valence-electron chi connectivity index (χ4n) is 13.3. The number of nitrogens with two attached hydrogens (primary N) is 1. The molecule has 0 saturated carbocycles. The number of benzene rings is 5. The molecule has 5 unspecified atom stereocenters. The van der Waals surface area contributed by atoms with E-state index in [-0.39, 0.29) is 24.5 Å². The Balaban J connectivity index is 1.24. The second-order valence-corrected chi connectivity index (χ2v) is 26.6. The maximum Gasteiger partial charge on any atom is 0.243 e. The van der Waals surface area contributed by atoms with Gasteiger partial charge in [0.05, 0.1) is 43.3 Å². The Hall–Kier alpha value is -7.81. The van der Waals surface area contributed by atoms with Crippen molar-refractivity contribution in [3.63, 3.8) is 0 Å². The van der Waals surface area contributed by atoms with E-state index in [0.717, 1.165) is 11.1 Å². The third-order valence-corrected chi connectivity index (χ3v) is 18.5. The third-order valence-electron chi connectivity index (χ3n) is 18.5. The molecule has 7 atom stereocenters. The highest BCUT2D eigenvalue weighted by atomic mass is 16.5. The van der Waals surface area contributed by atoms with Crippen LogP contribution in [0, 0.1) is 0 Å². The number of piperidine rings is 2. The number of rotatable bonds is 26. The highest BCUT2D eigenvalue weighted by Gasteiger charge is 2.48. The van der Waals surface area contributed by atoms with E-state index in [9.17, 15) is 24.8 Å². The summed E-state index contributed by atoms with van der Waals surface area (Å²) < 4.78 is 0. The van der Waals surface area contributed by atoms with Crippen LogP contribution in [-0.4, -0.2) is 172 Å². The van der Waals surface area contributed by atoms with Crippen molar-refractivity contribution in [1.29, 1.82) is 0 Å². The number of hydrogen-bond acceptors (Lipinski definition) is 12. The van der Waals surface area contributed by atoms with Gasteiger partial charge >= 0.3 is 0 Å². The molecule has 5 aromatic carbocycles. The summed E-state index contributed by atoms with van der Waals surface area (Å²) in [6.45, 7) is 19.4. The molecule has 0 bridgehead atoms. The quantitative estimate of drug-likeness (QED) is 0.0407. The van der Waals surface area contributed by atoms with Crippen molar-refractivity contribution < 1.29 is 44.0 Å². The highest BCUT2D eigenvalue weighted by Crippen LogP contribution is 2.39. The van der Waals surface area contributed by atoms with Crippen molar-refractivity contribution in [1.82, 2.24) is 44.8 Å². The Morgan fingerprint density at radius 3 is 1.00 bits per heavy atom. The van der Waals surface area contributed by atoms with Crippen LogP contribution in [0.4, 0.5) is 0 Å². The summed E-state index contributed by atoms with van der Waals surface area (Å²) in [5, 5.41) is 28.1. The Kier molecular flexibility index (Phi) is 23.5. The first kappa shape index (κ1) is 69.7. The van der Waals surface area contributed by atoms with Gasteiger partial charge in [-0.15, -0.1) is 0 Å². The summed E-state index contributed by atoms with van der Waals surface area (Å²) in [5.41, 5.74) is 7.34. The smallest absolute Gasteiger partial charge is 0.243 e. The van der Waals surface area contributed by atoms with Crippen LogP contribution in [0.3, 0.4) is 0 Å². The summed E-state index contributed by atoms with van der Waals surface area (Å²) in [4.78, 5) is 114. The van der Waals surface area contributed by atoms with Crippen LogP contribution in [0.25, 0.3) is 0 Å². The van der Waals surface area contributed by atoms with Gasteiger partial charge in [-0.25, -0.2) is 0 Å². The van der Waals surface area contributed by atoms with E-state index < -0.39 is 128 Å². The zero-order chi connectivity index (χ0) is 65.8. The van der Waals surface area contributed by atoms with Gasteiger partial charge in [0, 0.05) is 34.7 Å². The monoisotopic (exact) mass is 1230 g/mol. The van der Waals surface area contributed by atoms with Crippen LogP contribution in [0.15, 0.2) is 152 Å². The van der Waals surface area contributed by atoms with Crippen molar-refractivity contribution >= 4 is 41.4 Å². The van der Waals surface area contributed by atoms with Crippen molar-refractivity contribution in [2.75, 3.05) is 45.8 Å². The lowest BCUT2D eigenvalue weighted by Gasteiger charge is -2.53. The summed E-state index contributed by atoms with van der Waals surface area (Å²) in [6.07, 6.45) is 1.77. The molecule has 5 aromatic rings. The molecule has 5 N–H and O–H groups in total. The molecule has 7 amide bonds. The van der Waals surface area contributed by atoms with Gasteiger partial charge in [0.15, 0.2) is 0 Å². The average molecular weight is 1230 g/mol. The Morgan fingerprint density at radius 2 is 0.722 bits per heavy atom. The Bertz CT molecular complexity index is 3190. The molecule has 0 radical (unpaired) electrons. The van der Waals surface area contributed by atoms with Crippen LogP contribution in [0.5, 0.6) is 0 Å². The lowest BCUT2D eigenvalue weighted by molar-refractivity contribution is -0.251. The minimum absolute atomic E-state index is 0.0871. The molecule has 484 valence electrons. The standard InChI is InChI=1S/C71H96N10O9/c1-49-38-60(39-69(7,8)80(49)89)73-42-63(83)74(50(2)55-28-18-13-19-29-55)44-64(84)75(51(3)56-30-20-14-21-31-56)45-65(85)76(52(4)57-32-22-15-23-33-57)46-66(86)77(53(5)58-34-24-16-25-35-58)47-67(87)78(54(6)59-36-26-17-27-37-59)48-68(88)79(43-62(72)82)61-40-70(9,10)81(90)71(11,12)41-61/h13-37,49-54,60-61,73,89-90H,38-48H2,1-12H3,(H2,72,82)/t49?,50?,51-,52?,53-,54?,60?/m1/s1. The first-order valence-corrected chi connectivity index (χ1v) is 31.5. The van der Waals surface area contributed by atoms with Crippen LogP contribution >= 0.6 is 0 Å². The van der Waals surface area contributed by atoms with Gasteiger partial charge in [-0.1, -0.05) is 152 Å². The first-order chi connectivity index (χ1) is 42.5. The Morgan fingerprint density at radius 1 is 0.444 bits per heavy atom. The van der Waals surface area contributed by atoms with E-state index in [0.29, 0.717) is 42.4 Å². The van der Waals surface area contributed by atoms with Gasteiger partial charge in [0.1, 0.15) is 32.7 Å². The van der Waals surface area contributed by atoms with Crippen molar-refractivity contribution in [2.45, 2.75) is 174 Å². The number of hydroxylamine groups is 4. The predicted octanol–water partition coefficient (Wildman–Crippen LogP) is 9.27. The fraction of sp³-hybridized carbons (Fsp3) is 0.479. The summed E-state index contributed by atoms with van der Waals surface area (Å²) in [6, 6.07) is 42.0. The Labute approximate surface area is 532 Å². The van der Waals surface area contributed by atoms with E-state index in [1.807, 2.05) is 221 Å². The summed E-state index contributed by atoms with van der Waals surface area (Å²) >= 11 is 0. The van der Waals surface area contributed by atoms with Crippen molar-refractivity contribution in [2.24, 2.45) is 5.73 Å². The molecule has 2 aliphatic heterocycles. The van der Waals surface area contributed by atoms with Gasteiger partial charge in [-0.05, 0) is 137 Å². The minimum Gasteiger partial charge on any atom is -0.368 e. The molecule has 2 heterocycles. The molecule has 7 rings (SSSR count). The normalized spacial score (nSPS) is 19.0. The molecule has 2 saturated heterocycles. The second-order valence-electron chi connectivity index (χ2n) is 26.6. The molecule has 90 heavy (non-hydrogen) atoms. The van der Waals surface area contributed by atoms with Crippen LogP contribution in [0.1, 0.15) is 167 Å². The first-order valence-electron chi connectivity index (χ1n) is 31.5. The lowest BCUT2D eigenvalue weighted by Crippen LogP contribution is -2.64. The zero-order valence-corrected chi connectivity index (χ0v) is 54.7. The van der Waals surface area contributed by atoms with E-state index in [4.69, 9.17) is 5.73 Å². The fourth-order valence-corrected chi connectivity index (χ4v) is 13.3. The number of carbonyl (C=O) groups is 7. The number of nitrogens with one attached hydrogen (secondary N) is 1. The van der Waals surface area contributed by atoms with Crippen LogP contribution < -0.4 is 11.1 Å². The predicted molar refractivity (Wildman–Crippen MR) is 347 cm³/mol. The molecule has 2 fully saturated rings. The third kappa shape index (κ3) is 17.4. The molecule has 0 aliphatic carbocycles. The number of hydrogen-bond donors (Lipinski definition) is 4. The molecular weight excluding hydrogens is 1140 g/mol. The minimum atomic E-state index is -0.802. The van der Waals surface area contributed by atoms with Gasteiger partial charge in [0.2, 0.25) is 41.4 Å². The van der Waals surface area contributed by atoms with Crippen molar-refractivity contribution in [3.05, 3.63) is 179 Å². The molecule has 19 heteroatoms. The topological polar surface area (TPSA) is 224 Å². The average Bonchev–Trinajstić information content (AvgIpc) is 1.25. The number of primary amides is 1. The number of amides is 7. The van der Waals surface area contributed by atoms with E-state index in [1.54, 1.807) is 13.8 Å². The summed E-state index contributed by atoms with van der Waals surface area (Å²) in [5.74, 6) is -3.88. The second kappa shape index (κ2) is 30.3. The SMILES string of the molecule is CC(c1ccccc1)N(CC(=O)N(CC(N)=O)C1CC(C)(C)N(O)C(C)(C)C1)C(=O)CN(C(=O)CN(C(=O)CN(C(=O)CN(C(=O)CNC1CC(C)N(O)C(C)(C)C1)C(C)c1ccccc1)[C@H](C)c1ccccc1)C(C)c1ccccc1)[C@H](C)c1ccccc1.